The van der Waals surface area contributed by atoms with Gasteiger partial charge in [-0.2, -0.15) is 13.2 Å². The van der Waals surface area contributed by atoms with E-state index in [2.05, 4.69) is 0 Å². The van der Waals surface area contributed by atoms with E-state index < -0.39 is 33.0 Å². The number of carbonyl (C=O) groups is 1. The molecule has 0 N–H and O–H groups in total. The van der Waals surface area contributed by atoms with Gasteiger partial charge >= 0.3 is 6.18 Å². The first-order valence-corrected chi connectivity index (χ1v) is 10.2. The lowest BCUT2D eigenvalue weighted by molar-refractivity contribution is -0.138. The topological polar surface area (TPSA) is 63.7 Å². The zero-order valence-corrected chi connectivity index (χ0v) is 15.5. The first kappa shape index (κ1) is 20.5. The van der Waals surface area contributed by atoms with Gasteiger partial charge in [-0.15, -0.1) is 0 Å². The van der Waals surface area contributed by atoms with Gasteiger partial charge in [0.2, 0.25) is 0 Å². The lowest BCUT2D eigenvalue weighted by Crippen LogP contribution is -2.44. The molecule has 2 rings (SSSR count). The average Bonchev–Trinajstić information content (AvgIpc) is 2.53. The number of benzene rings is 1. The fraction of sp³-hybridized carbons (Fsp3) is 0.588. The lowest BCUT2D eigenvalue weighted by atomic mass is 10.0. The van der Waals surface area contributed by atoms with Crippen LogP contribution < -0.4 is 4.74 Å². The Morgan fingerprint density at radius 3 is 2.38 bits per heavy atom. The molecule has 26 heavy (non-hydrogen) atoms. The highest BCUT2D eigenvalue weighted by atomic mass is 32.2. The summed E-state index contributed by atoms with van der Waals surface area (Å²) >= 11 is 0. The number of amides is 1. The monoisotopic (exact) mass is 393 g/mol. The Morgan fingerprint density at radius 2 is 1.85 bits per heavy atom. The van der Waals surface area contributed by atoms with Crippen LogP contribution in [0.15, 0.2) is 18.2 Å². The average molecular weight is 393 g/mol. The molecular formula is C17H22F3NO4S. The van der Waals surface area contributed by atoms with E-state index in [1.54, 1.807) is 0 Å². The Bertz CT molecular complexity index is 746. The van der Waals surface area contributed by atoms with Crippen molar-refractivity contribution in [3.8, 4) is 5.75 Å². The summed E-state index contributed by atoms with van der Waals surface area (Å²) in [7, 11) is -3.23. The molecule has 5 nitrogen and oxygen atoms in total. The summed E-state index contributed by atoms with van der Waals surface area (Å²) in [6.07, 6.45) is -4.02. The Morgan fingerprint density at radius 1 is 1.23 bits per heavy atom. The SMILES string of the molecule is CC(C)CCOc1ccc(C(=O)N2CCS(=O)(=O)CC2)c(C(F)(F)F)c1. The maximum atomic E-state index is 13.4. The Balaban J connectivity index is 2.23. The summed E-state index contributed by atoms with van der Waals surface area (Å²) < 4.78 is 68.5. The van der Waals surface area contributed by atoms with Crippen LogP contribution in [0.1, 0.15) is 36.2 Å². The highest BCUT2D eigenvalue weighted by Crippen LogP contribution is 2.35. The molecule has 0 radical (unpaired) electrons. The molecule has 1 saturated heterocycles. The summed E-state index contributed by atoms with van der Waals surface area (Å²) in [5.41, 5.74) is -1.56. The third-order valence-corrected chi connectivity index (χ3v) is 5.73. The number of ether oxygens (including phenoxy) is 1. The molecule has 0 aliphatic carbocycles. The molecule has 1 heterocycles. The smallest absolute Gasteiger partial charge is 0.417 e. The van der Waals surface area contributed by atoms with Crippen molar-refractivity contribution >= 4 is 15.7 Å². The summed E-state index contributed by atoms with van der Waals surface area (Å²) in [5, 5.41) is 0. The minimum Gasteiger partial charge on any atom is -0.494 e. The van der Waals surface area contributed by atoms with Crippen molar-refractivity contribution in [3.63, 3.8) is 0 Å². The van der Waals surface area contributed by atoms with E-state index in [4.69, 9.17) is 4.74 Å². The van der Waals surface area contributed by atoms with E-state index in [-0.39, 0.29) is 37.0 Å². The molecule has 0 atom stereocenters. The Kier molecular flexibility index (Phi) is 6.21. The van der Waals surface area contributed by atoms with E-state index in [0.29, 0.717) is 12.3 Å². The summed E-state index contributed by atoms with van der Waals surface area (Å²) in [6, 6.07) is 3.26. The van der Waals surface area contributed by atoms with Crippen molar-refractivity contribution in [2.24, 2.45) is 5.92 Å². The third-order valence-electron chi connectivity index (χ3n) is 4.12. The number of alkyl halides is 3. The van der Waals surface area contributed by atoms with Gasteiger partial charge < -0.3 is 9.64 Å². The Hall–Kier alpha value is -1.77. The fourth-order valence-electron chi connectivity index (χ4n) is 2.53. The number of halogens is 3. The zero-order valence-electron chi connectivity index (χ0n) is 14.7. The van der Waals surface area contributed by atoms with Crippen LogP contribution in [-0.2, 0) is 16.0 Å². The third kappa shape index (κ3) is 5.36. The molecule has 1 aromatic rings. The molecule has 0 saturated carbocycles. The highest BCUT2D eigenvalue weighted by Gasteiger charge is 2.37. The van der Waals surface area contributed by atoms with Gasteiger partial charge in [-0.25, -0.2) is 8.42 Å². The van der Waals surface area contributed by atoms with Crippen LogP contribution in [0.5, 0.6) is 5.75 Å². The number of sulfone groups is 1. The van der Waals surface area contributed by atoms with Crippen molar-refractivity contribution in [2.75, 3.05) is 31.2 Å². The van der Waals surface area contributed by atoms with Crippen molar-refractivity contribution < 1.29 is 31.1 Å². The van der Waals surface area contributed by atoms with Crippen LogP contribution in [0.2, 0.25) is 0 Å². The minimum absolute atomic E-state index is 0.0516. The summed E-state index contributed by atoms with van der Waals surface area (Å²) in [5.74, 6) is -0.891. The standard InChI is InChI=1S/C17H22F3NO4S/c1-12(2)5-8-25-13-3-4-14(15(11-13)17(18,19)20)16(22)21-6-9-26(23,24)10-7-21/h3-4,11-12H,5-10H2,1-2H3. The molecule has 1 aromatic carbocycles. The van der Waals surface area contributed by atoms with Crippen LogP contribution in [-0.4, -0.2) is 50.4 Å². The quantitative estimate of drug-likeness (QED) is 0.772. The second kappa shape index (κ2) is 7.85. The lowest BCUT2D eigenvalue weighted by Gasteiger charge is -2.28. The molecule has 1 amide bonds. The van der Waals surface area contributed by atoms with Crippen molar-refractivity contribution in [2.45, 2.75) is 26.4 Å². The second-order valence-electron chi connectivity index (χ2n) is 6.68. The predicted octanol–water partition coefficient (Wildman–Crippen LogP) is 3.00. The maximum absolute atomic E-state index is 13.4. The van der Waals surface area contributed by atoms with Gasteiger partial charge in [0.15, 0.2) is 9.84 Å². The zero-order chi connectivity index (χ0) is 19.5. The molecule has 146 valence electrons. The van der Waals surface area contributed by atoms with E-state index >= 15 is 0 Å². The van der Waals surface area contributed by atoms with E-state index in [1.807, 2.05) is 13.8 Å². The van der Waals surface area contributed by atoms with Gasteiger partial charge in [0, 0.05) is 13.1 Å². The van der Waals surface area contributed by atoms with Crippen LogP contribution in [0, 0.1) is 5.92 Å². The number of rotatable bonds is 5. The normalized spacial score (nSPS) is 17.4. The fourth-order valence-corrected chi connectivity index (χ4v) is 3.73. The largest absolute Gasteiger partial charge is 0.494 e. The first-order chi connectivity index (χ1) is 12.0. The number of carbonyl (C=O) groups excluding carboxylic acids is 1. The molecule has 1 fully saturated rings. The number of nitrogens with zero attached hydrogens (tertiary/aromatic N) is 1. The second-order valence-corrected chi connectivity index (χ2v) is 8.98. The van der Waals surface area contributed by atoms with Crippen molar-refractivity contribution in [1.82, 2.24) is 4.90 Å². The maximum Gasteiger partial charge on any atom is 0.417 e. The Labute approximate surface area is 151 Å². The summed E-state index contributed by atoms with van der Waals surface area (Å²) in [4.78, 5) is 13.6. The molecule has 1 aliphatic heterocycles. The molecule has 0 bridgehead atoms. The molecule has 0 aromatic heterocycles. The molecule has 1 aliphatic rings. The summed E-state index contributed by atoms with van der Waals surface area (Å²) in [6.45, 7) is 4.03. The number of hydrogen-bond donors (Lipinski definition) is 0. The van der Waals surface area contributed by atoms with E-state index in [1.165, 1.54) is 6.07 Å². The first-order valence-electron chi connectivity index (χ1n) is 8.33. The van der Waals surface area contributed by atoms with E-state index in [9.17, 15) is 26.4 Å². The highest BCUT2D eigenvalue weighted by molar-refractivity contribution is 7.91. The molecular weight excluding hydrogens is 371 g/mol. The predicted molar refractivity (Wildman–Crippen MR) is 91.0 cm³/mol. The van der Waals surface area contributed by atoms with Crippen LogP contribution in [0.3, 0.4) is 0 Å². The molecule has 9 heteroatoms. The van der Waals surface area contributed by atoms with Crippen LogP contribution in [0.25, 0.3) is 0 Å². The van der Waals surface area contributed by atoms with E-state index in [0.717, 1.165) is 17.0 Å². The van der Waals surface area contributed by atoms with Crippen molar-refractivity contribution in [1.29, 1.82) is 0 Å². The van der Waals surface area contributed by atoms with Crippen LogP contribution in [0.4, 0.5) is 13.2 Å². The van der Waals surface area contributed by atoms with Crippen LogP contribution >= 0.6 is 0 Å². The number of hydrogen-bond acceptors (Lipinski definition) is 4. The van der Waals surface area contributed by atoms with Gasteiger partial charge in [-0.1, -0.05) is 13.8 Å². The van der Waals surface area contributed by atoms with Gasteiger partial charge in [0.25, 0.3) is 5.91 Å². The molecule has 0 unspecified atom stereocenters. The van der Waals surface area contributed by atoms with Gasteiger partial charge in [-0.3, -0.25) is 4.79 Å². The van der Waals surface area contributed by atoms with Crippen molar-refractivity contribution in [3.05, 3.63) is 29.3 Å². The van der Waals surface area contributed by atoms with Gasteiger partial charge in [0.05, 0.1) is 29.2 Å². The minimum atomic E-state index is -4.72. The van der Waals surface area contributed by atoms with Gasteiger partial charge in [-0.05, 0) is 30.5 Å². The molecule has 0 spiro atoms. The van der Waals surface area contributed by atoms with Gasteiger partial charge in [0.1, 0.15) is 5.75 Å².